The second kappa shape index (κ2) is 3.14. The molecular weight excluding hydrogens is 198 g/mol. The molecule has 1 N–H and O–H groups in total. The van der Waals surface area contributed by atoms with E-state index in [1.54, 1.807) is 0 Å². The van der Waals surface area contributed by atoms with Crippen molar-refractivity contribution in [1.82, 2.24) is 0 Å². The Balaban J connectivity index is 2.25. The van der Waals surface area contributed by atoms with E-state index in [1.165, 1.54) is 10.8 Å². The van der Waals surface area contributed by atoms with Gasteiger partial charge in [-0.3, -0.25) is 0 Å². The lowest BCUT2D eigenvalue weighted by Crippen LogP contribution is -2.40. The summed E-state index contributed by atoms with van der Waals surface area (Å²) in [5.41, 5.74) is 0.954. The van der Waals surface area contributed by atoms with Gasteiger partial charge in [0.2, 0.25) is 0 Å². The van der Waals surface area contributed by atoms with Crippen molar-refractivity contribution in [2.24, 2.45) is 0 Å². The number of fused-ring (bicyclic) bond motifs is 3. The van der Waals surface area contributed by atoms with E-state index >= 15 is 0 Å². The molecule has 0 bridgehead atoms. The van der Waals surface area contributed by atoms with Gasteiger partial charge in [-0.25, -0.2) is 0 Å². The Morgan fingerprint density at radius 3 is 2.81 bits per heavy atom. The van der Waals surface area contributed by atoms with Gasteiger partial charge in [0.15, 0.2) is 5.75 Å². The molecule has 3 rings (SSSR count). The van der Waals surface area contributed by atoms with Gasteiger partial charge >= 0.3 is 0 Å². The minimum Gasteiger partial charge on any atom is -0.483 e. The van der Waals surface area contributed by atoms with E-state index in [0.717, 1.165) is 18.0 Å². The van der Waals surface area contributed by atoms with Crippen LogP contribution in [0.3, 0.4) is 0 Å². The molecule has 0 saturated heterocycles. The molecule has 0 amide bonds. The molecule has 0 aliphatic carbocycles. The number of anilines is 1. The maximum Gasteiger partial charge on any atom is 0.151 e. The smallest absolute Gasteiger partial charge is 0.151 e. The molecule has 1 aliphatic rings. The van der Waals surface area contributed by atoms with Gasteiger partial charge in [0.25, 0.3) is 0 Å². The summed E-state index contributed by atoms with van der Waals surface area (Å²) in [6.07, 6.45) is 0. The molecular formula is C14H15NO. The maximum atomic E-state index is 6.07. The van der Waals surface area contributed by atoms with Crippen molar-refractivity contribution in [3.8, 4) is 5.75 Å². The minimum atomic E-state index is -0.142. The average molecular weight is 213 g/mol. The molecule has 0 aromatic heterocycles. The predicted octanol–water partition coefficient (Wildman–Crippen LogP) is 3.42. The van der Waals surface area contributed by atoms with Crippen molar-refractivity contribution in [3.63, 3.8) is 0 Å². The Morgan fingerprint density at radius 1 is 1.12 bits per heavy atom. The van der Waals surface area contributed by atoms with Gasteiger partial charge in [-0.05, 0) is 25.3 Å². The molecule has 0 saturated carbocycles. The van der Waals surface area contributed by atoms with Gasteiger partial charge in [0.05, 0.1) is 12.2 Å². The van der Waals surface area contributed by atoms with Crippen LogP contribution in [0, 0.1) is 0 Å². The number of hydrogen-bond acceptors (Lipinski definition) is 2. The topological polar surface area (TPSA) is 21.3 Å². The number of benzene rings is 2. The largest absolute Gasteiger partial charge is 0.483 e. The minimum absolute atomic E-state index is 0.142. The lowest BCUT2D eigenvalue weighted by Gasteiger charge is -2.34. The van der Waals surface area contributed by atoms with Crippen LogP contribution < -0.4 is 10.1 Å². The number of rotatable bonds is 0. The van der Waals surface area contributed by atoms with Gasteiger partial charge in [-0.15, -0.1) is 0 Å². The molecule has 2 nitrogen and oxygen atoms in total. The van der Waals surface area contributed by atoms with Crippen LogP contribution in [-0.4, -0.2) is 12.1 Å². The van der Waals surface area contributed by atoms with E-state index in [9.17, 15) is 0 Å². The van der Waals surface area contributed by atoms with Crippen LogP contribution in [0.2, 0.25) is 0 Å². The first-order valence-corrected chi connectivity index (χ1v) is 5.60. The van der Waals surface area contributed by atoms with Crippen LogP contribution in [0.1, 0.15) is 13.8 Å². The van der Waals surface area contributed by atoms with E-state index in [0.29, 0.717) is 0 Å². The monoisotopic (exact) mass is 213 g/mol. The fourth-order valence-electron chi connectivity index (χ4n) is 2.11. The molecule has 0 radical (unpaired) electrons. The molecule has 1 heterocycles. The summed E-state index contributed by atoms with van der Waals surface area (Å²) in [5.74, 6) is 0.981. The van der Waals surface area contributed by atoms with E-state index < -0.39 is 0 Å². The third-order valence-corrected chi connectivity index (χ3v) is 2.96. The van der Waals surface area contributed by atoms with Crippen LogP contribution in [0.5, 0.6) is 5.75 Å². The second-order valence-electron chi connectivity index (χ2n) is 4.88. The molecule has 2 aromatic rings. The van der Waals surface area contributed by atoms with Crippen molar-refractivity contribution in [2.75, 3.05) is 11.9 Å². The molecule has 2 heteroatoms. The lowest BCUT2D eigenvalue weighted by atomic mass is 10.0. The molecule has 0 fully saturated rings. The Bertz CT molecular complexity index is 545. The molecule has 16 heavy (non-hydrogen) atoms. The normalized spacial score (nSPS) is 17.4. The molecule has 1 aliphatic heterocycles. The quantitative estimate of drug-likeness (QED) is 0.724. The van der Waals surface area contributed by atoms with Crippen LogP contribution in [-0.2, 0) is 0 Å². The van der Waals surface area contributed by atoms with Gasteiger partial charge in [0, 0.05) is 5.39 Å². The third kappa shape index (κ3) is 1.42. The van der Waals surface area contributed by atoms with Gasteiger partial charge in [-0.1, -0.05) is 30.3 Å². The molecule has 0 spiro atoms. The zero-order valence-electron chi connectivity index (χ0n) is 9.58. The number of hydrogen-bond donors (Lipinski definition) is 1. The van der Waals surface area contributed by atoms with E-state index in [1.807, 2.05) is 6.07 Å². The summed E-state index contributed by atoms with van der Waals surface area (Å²) in [6.45, 7) is 5.05. The molecule has 0 atom stereocenters. The van der Waals surface area contributed by atoms with Gasteiger partial charge in [-0.2, -0.15) is 0 Å². The number of nitrogens with one attached hydrogen (secondary N) is 1. The zero-order chi connectivity index (χ0) is 11.2. The number of ether oxygens (including phenoxy) is 1. The summed E-state index contributed by atoms with van der Waals surface area (Å²) < 4.78 is 6.07. The molecule has 2 aromatic carbocycles. The van der Waals surface area contributed by atoms with Crippen molar-refractivity contribution in [3.05, 3.63) is 36.4 Å². The van der Waals surface area contributed by atoms with Crippen LogP contribution in [0.15, 0.2) is 36.4 Å². The Hall–Kier alpha value is -1.70. The van der Waals surface area contributed by atoms with Crippen LogP contribution in [0.4, 0.5) is 5.69 Å². The summed E-state index contributed by atoms with van der Waals surface area (Å²) in [6, 6.07) is 12.5. The van der Waals surface area contributed by atoms with E-state index in [-0.39, 0.29) is 5.60 Å². The highest BCUT2D eigenvalue weighted by Gasteiger charge is 2.27. The second-order valence-corrected chi connectivity index (χ2v) is 4.88. The Morgan fingerprint density at radius 2 is 1.94 bits per heavy atom. The zero-order valence-corrected chi connectivity index (χ0v) is 9.58. The van der Waals surface area contributed by atoms with Crippen molar-refractivity contribution >= 4 is 16.5 Å². The summed E-state index contributed by atoms with van der Waals surface area (Å²) >= 11 is 0. The van der Waals surface area contributed by atoms with Crippen LogP contribution >= 0.6 is 0 Å². The van der Waals surface area contributed by atoms with Gasteiger partial charge < -0.3 is 10.1 Å². The maximum absolute atomic E-state index is 6.07. The fraction of sp³-hybridized carbons (Fsp3) is 0.286. The SMILES string of the molecule is CC1(C)CNc2ccc3ccccc3c2O1. The standard InChI is InChI=1S/C14H15NO/c1-14(2)9-15-12-8-7-10-5-3-4-6-11(10)13(12)16-14/h3-8,15H,9H2,1-2H3. The van der Waals surface area contributed by atoms with Crippen LogP contribution in [0.25, 0.3) is 10.8 Å². The first kappa shape index (κ1) is 9.52. The third-order valence-electron chi connectivity index (χ3n) is 2.96. The van der Waals surface area contributed by atoms with Crippen molar-refractivity contribution in [1.29, 1.82) is 0 Å². The highest BCUT2D eigenvalue weighted by atomic mass is 16.5. The summed E-state index contributed by atoms with van der Waals surface area (Å²) in [7, 11) is 0. The Labute approximate surface area is 95.2 Å². The highest BCUT2D eigenvalue weighted by Crippen LogP contribution is 2.38. The molecule has 82 valence electrons. The van der Waals surface area contributed by atoms with Crippen molar-refractivity contribution in [2.45, 2.75) is 19.4 Å². The lowest BCUT2D eigenvalue weighted by molar-refractivity contribution is 0.118. The van der Waals surface area contributed by atoms with Crippen molar-refractivity contribution < 1.29 is 4.74 Å². The predicted molar refractivity (Wildman–Crippen MR) is 67.1 cm³/mol. The average Bonchev–Trinajstić information content (AvgIpc) is 2.28. The molecule has 0 unspecified atom stereocenters. The first-order valence-electron chi connectivity index (χ1n) is 5.60. The fourth-order valence-corrected chi connectivity index (χ4v) is 2.11. The highest BCUT2D eigenvalue weighted by molar-refractivity contribution is 5.93. The summed E-state index contributed by atoms with van der Waals surface area (Å²) in [5, 5.41) is 5.82. The van der Waals surface area contributed by atoms with Gasteiger partial charge in [0.1, 0.15) is 5.60 Å². The first-order chi connectivity index (χ1) is 7.66. The Kier molecular flexibility index (Phi) is 1.87. The summed E-state index contributed by atoms with van der Waals surface area (Å²) in [4.78, 5) is 0. The van der Waals surface area contributed by atoms with E-state index in [4.69, 9.17) is 4.74 Å². The van der Waals surface area contributed by atoms with E-state index in [2.05, 4.69) is 49.5 Å².